The van der Waals surface area contributed by atoms with Crippen LogP contribution in [0.4, 0.5) is 11.4 Å². The zero-order valence-corrected chi connectivity index (χ0v) is 10.6. The van der Waals surface area contributed by atoms with Crippen LogP contribution in [0.25, 0.3) is 0 Å². The molecule has 0 bridgehead atoms. The Labute approximate surface area is 107 Å². The van der Waals surface area contributed by atoms with E-state index in [9.17, 15) is 0 Å². The summed E-state index contributed by atoms with van der Waals surface area (Å²) < 4.78 is 2.00. The molecule has 0 atom stereocenters. The molecule has 0 radical (unpaired) electrons. The Morgan fingerprint density at radius 3 is 3.00 bits per heavy atom. The normalized spacial score (nSPS) is 13.9. The molecule has 0 amide bonds. The van der Waals surface area contributed by atoms with Crippen LogP contribution in [0.1, 0.15) is 11.1 Å². The van der Waals surface area contributed by atoms with Crippen LogP contribution in [0.5, 0.6) is 0 Å². The van der Waals surface area contributed by atoms with Crippen molar-refractivity contribution in [2.45, 2.75) is 19.9 Å². The minimum Gasteiger partial charge on any atom is -0.398 e. The number of hydrogen-bond donors (Lipinski definition) is 1. The Hall–Kier alpha value is -1.97. The van der Waals surface area contributed by atoms with Gasteiger partial charge in [-0.05, 0) is 31.0 Å². The zero-order valence-electron chi connectivity index (χ0n) is 10.6. The second-order valence-electron chi connectivity index (χ2n) is 4.86. The first-order valence-corrected chi connectivity index (χ1v) is 6.35. The van der Waals surface area contributed by atoms with Gasteiger partial charge >= 0.3 is 0 Å². The summed E-state index contributed by atoms with van der Waals surface area (Å²) >= 11 is 0. The van der Waals surface area contributed by atoms with Crippen molar-refractivity contribution < 1.29 is 0 Å². The van der Waals surface area contributed by atoms with E-state index in [1.807, 2.05) is 23.0 Å². The number of rotatable bonds is 3. The second-order valence-corrected chi connectivity index (χ2v) is 4.86. The minimum absolute atomic E-state index is 0.919. The SMILES string of the molecule is Cc1cnn(CCN2CCc3c(N)cccc32)c1. The quantitative estimate of drug-likeness (QED) is 0.835. The molecule has 1 aromatic heterocycles. The number of hydrogen-bond acceptors (Lipinski definition) is 3. The van der Waals surface area contributed by atoms with Crippen LogP contribution < -0.4 is 10.6 Å². The highest BCUT2D eigenvalue weighted by Crippen LogP contribution is 2.31. The lowest BCUT2D eigenvalue weighted by Crippen LogP contribution is -2.25. The van der Waals surface area contributed by atoms with Crippen molar-refractivity contribution >= 4 is 11.4 Å². The molecule has 0 aliphatic carbocycles. The molecule has 2 N–H and O–H groups in total. The predicted molar refractivity (Wildman–Crippen MR) is 73.7 cm³/mol. The summed E-state index contributed by atoms with van der Waals surface area (Å²) in [5.74, 6) is 0. The average molecular weight is 242 g/mol. The van der Waals surface area contributed by atoms with Gasteiger partial charge in [-0.2, -0.15) is 5.10 Å². The van der Waals surface area contributed by atoms with Crippen LogP contribution in [0, 0.1) is 6.92 Å². The monoisotopic (exact) mass is 242 g/mol. The molecule has 4 nitrogen and oxygen atoms in total. The molecule has 1 aliphatic rings. The van der Waals surface area contributed by atoms with Gasteiger partial charge in [-0.3, -0.25) is 4.68 Å². The number of nitrogens with zero attached hydrogens (tertiary/aromatic N) is 3. The number of fused-ring (bicyclic) bond motifs is 1. The summed E-state index contributed by atoms with van der Waals surface area (Å²) in [4.78, 5) is 2.39. The predicted octanol–water partition coefficient (Wildman–Crippen LogP) is 1.84. The third-order valence-corrected chi connectivity index (χ3v) is 3.52. The minimum atomic E-state index is 0.919. The van der Waals surface area contributed by atoms with E-state index in [1.165, 1.54) is 16.8 Å². The molecule has 3 rings (SSSR count). The van der Waals surface area contributed by atoms with Crippen molar-refractivity contribution in [3.63, 3.8) is 0 Å². The molecular weight excluding hydrogens is 224 g/mol. The third-order valence-electron chi connectivity index (χ3n) is 3.52. The van der Waals surface area contributed by atoms with Crippen LogP contribution in [0.3, 0.4) is 0 Å². The molecule has 4 heteroatoms. The summed E-state index contributed by atoms with van der Waals surface area (Å²) in [7, 11) is 0. The summed E-state index contributed by atoms with van der Waals surface area (Å²) in [5, 5.41) is 4.32. The Bertz CT molecular complexity index is 559. The lowest BCUT2D eigenvalue weighted by molar-refractivity contribution is 0.602. The molecule has 1 aliphatic heterocycles. The summed E-state index contributed by atoms with van der Waals surface area (Å²) in [6, 6.07) is 6.18. The van der Waals surface area contributed by atoms with Crippen molar-refractivity contribution in [2.75, 3.05) is 23.7 Å². The van der Waals surface area contributed by atoms with Crippen LogP contribution in [-0.4, -0.2) is 22.9 Å². The molecular formula is C14H18N4. The smallest absolute Gasteiger partial charge is 0.0584 e. The van der Waals surface area contributed by atoms with E-state index in [0.717, 1.165) is 31.7 Å². The Balaban J connectivity index is 1.71. The number of anilines is 2. The van der Waals surface area contributed by atoms with Crippen LogP contribution in [0.2, 0.25) is 0 Å². The molecule has 2 heterocycles. The first-order valence-electron chi connectivity index (χ1n) is 6.35. The highest BCUT2D eigenvalue weighted by molar-refractivity contribution is 5.68. The highest BCUT2D eigenvalue weighted by Gasteiger charge is 2.20. The molecule has 0 saturated carbocycles. The largest absolute Gasteiger partial charge is 0.398 e. The maximum Gasteiger partial charge on any atom is 0.0584 e. The van der Waals surface area contributed by atoms with Gasteiger partial charge < -0.3 is 10.6 Å². The van der Waals surface area contributed by atoms with Crippen molar-refractivity contribution in [3.8, 4) is 0 Å². The number of aryl methyl sites for hydroxylation is 1. The lowest BCUT2D eigenvalue weighted by Gasteiger charge is -2.19. The molecule has 0 saturated heterocycles. The van der Waals surface area contributed by atoms with Crippen molar-refractivity contribution in [1.82, 2.24) is 9.78 Å². The molecule has 0 fully saturated rings. The van der Waals surface area contributed by atoms with E-state index in [-0.39, 0.29) is 0 Å². The van der Waals surface area contributed by atoms with E-state index < -0.39 is 0 Å². The number of aromatic nitrogens is 2. The van der Waals surface area contributed by atoms with E-state index >= 15 is 0 Å². The number of nitrogen functional groups attached to an aromatic ring is 1. The fraction of sp³-hybridized carbons (Fsp3) is 0.357. The Morgan fingerprint density at radius 2 is 2.22 bits per heavy atom. The first kappa shape index (κ1) is 11.1. The van der Waals surface area contributed by atoms with Crippen LogP contribution >= 0.6 is 0 Å². The highest BCUT2D eigenvalue weighted by atomic mass is 15.3. The van der Waals surface area contributed by atoms with Gasteiger partial charge in [0.1, 0.15) is 0 Å². The van der Waals surface area contributed by atoms with Gasteiger partial charge in [0.2, 0.25) is 0 Å². The Kier molecular flexibility index (Phi) is 2.70. The molecule has 1 aromatic carbocycles. The second kappa shape index (κ2) is 4.37. The zero-order chi connectivity index (χ0) is 12.5. The summed E-state index contributed by atoms with van der Waals surface area (Å²) in [6.45, 7) is 5.03. The van der Waals surface area contributed by atoms with Crippen molar-refractivity contribution in [2.24, 2.45) is 0 Å². The maximum atomic E-state index is 6.00. The van der Waals surface area contributed by atoms with E-state index in [4.69, 9.17) is 5.73 Å². The van der Waals surface area contributed by atoms with Crippen molar-refractivity contribution in [3.05, 3.63) is 41.7 Å². The van der Waals surface area contributed by atoms with Gasteiger partial charge in [0.05, 0.1) is 12.7 Å². The topological polar surface area (TPSA) is 47.1 Å². The van der Waals surface area contributed by atoms with Gasteiger partial charge in [0.15, 0.2) is 0 Å². The molecule has 18 heavy (non-hydrogen) atoms. The van der Waals surface area contributed by atoms with E-state index in [1.54, 1.807) is 0 Å². The standard InChI is InChI=1S/C14H18N4/c1-11-9-16-18(10-11)8-7-17-6-5-12-13(15)3-2-4-14(12)17/h2-4,9-10H,5-8,15H2,1H3. The van der Waals surface area contributed by atoms with E-state index in [0.29, 0.717) is 0 Å². The van der Waals surface area contributed by atoms with Crippen LogP contribution in [-0.2, 0) is 13.0 Å². The Morgan fingerprint density at radius 1 is 1.33 bits per heavy atom. The molecule has 0 spiro atoms. The van der Waals surface area contributed by atoms with Gasteiger partial charge in [0.25, 0.3) is 0 Å². The molecule has 2 aromatic rings. The van der Waals surface area contributed by atoms with Gasteiger partial charge in [0, 0.05) is 36.2 Å². The van der Waals surface area contributed by atoms with Gasteiger partial charge in [-0.25, -0.2) is 0 Å². The van der Waals surface area contributed by atoms with Gasteiger partial charge in [-0.15, -0.1) is 0 Å². The fourth-order valence-electron chi connectivity index (χ4n) is 2.57. The number of benzene rings is 1. The fourth-order valence-corrected chi connectivity index (χ4v) is 2.57. The lowest BCUT2D eigenvalue weighted by atomic mass is 10.1. The third kappa shape index (κ3) is 1.94. The number of nitrogens with two attached hydrogens (primary N) is 1. The molecule has 0 unspecified atom stereocenters. The molecule has 94 valence electrons. The van der Waals surface area contributed by atoms with Gasteiger partial charge in [-0.1, -0.05) is 6.07 Å². The van der Waals surface area contributed by atoms with Crippen LogP contribution in [0.15, 0.2) is 30.6 Å². The summed E-state index contributed by atoms with van der Waals surface area (Å²) in [6.07, 6.45) is 5.03. The first-order chi connectivity index (χ1) is 8.74. The van der Waals surface area contributed by atoms with E-state index in [2.05, 4.69) is 29.2 Å². The van der Waals surface area contributed by atoms with Crippen molar-refractivity contribution in [1.29, 1.82) is 0 Å². The average Bonchev–Trinajstić information content (AvgIpc) is 2.94. The maximum absolute atomic E-state index is 6.00. The summed E-state index contributed by atoms with van der Waals surface area (Å²) in [5.41, 5.74) is 10.7.